The number of amides is 1. The van der Waals surface area contributed by atoms with Gasteiger partial charge in [0, 0.05) is 36.3 Å². The fourth-order valence-electron chi connectivity index (χ4n) is 2.96. The van der Waals surface area contributed by atoms with Gasteiger partial charge in [-0.05, 0) is 25.0 Å². The van der Waals surface area contributed by atoms with Gasteiger partial charge in [0.1, 0.15) is 6.29 Å². The van der Waals surface area contributed by atoms with Crippen LogP contribution in [0.5, 0.6) is 0 Å². The van der Waals surface area contributed by atoms with Crippen LogP contribution in [0.3, 0.4) is 0 Å². The molecule has 0 aromatic heterocycles. The first-order valence-electron chi connectivity index (χ1n) is 6.38. The normalized spacial score (nSPS) is 26.1. The van der Waals surface area contributed by atoms with Gasteiger partial charge in [0.25, 0.3) is 5.91 Å². The van der Waals surface area contributed by atoms with Crippen LogP contribution in [0.1, 0.15) is 33.6 Å². The molecule has 3 rings (SSSR count). The summed E-state index contributed by atoms with van der Waals surface area (Å²) in [6, 6.07) is 7.56. The molecule has 18 heavy (non-hydrogen) atoms. The Bertz CT molecular complexity index is 453. The SMILES string of the molecule is O=Cc1ccc(C(=O)N2C3CCC2CNC3)cc1. The minimum atomic E-state index is 0.0986. The van der Waals surface area contributed by atoms with Crippen molar-refractivity contribution in [1.29, 1.82) is 0 Å². The highest BCUT2D eigenvalue weighted by Crippen LogP contribution is 2.28. The summed E-state index contributed by atoms with van der Waals surface area (Å²) in [5.41, 5.74) is 1.29. The van der Waals surface area contributed by atoms with Crippen LogP contribution in [-0.4, -0.2) is 42.3 Å². The summed E-state index contributed by atoms with van der Waals surface area (Å²) in [5.74, 6) is 0.0986. The molecule has 1 aromatic rings. The van der Waals surface area contributed by atoms with Crippen molar-refractivity contribution >= 4 is 12.2 Å². The van der Waals surface area contributed by atoms with E-state index in [0.717, 1.165) is 32.2 Å². The molecule has 2 atom stereocenters. The fraction of sp³-hybridized carbons (Fsp3) is 0.429. The number of rotatable bonds is 2. The second-order valence-electron chi connectivity index (χ2n) is 5.00. The van der Waals surface area contributed by atoms with E-state index in [2.05, 4.69) is 5.32 Å². The third kappa shape index (κ3) is 1.82. The number of nitrogens with one attached hydrogen (secondary N) is 1. The Balaban J connectivity index is 1.83. The van der Waals surface area contributed by atoms with E-state index in [-0.39, 0.29) is 5.91 Å². The van der Waals surface area contributed by atoms with E-state index >= 15 is 0 Å². The van der Waals surface area contributed by atoms with Gasteiger partial charge < -0.3 is 10.2 Å². The van der Waals surface area contributed by atoms with Gasteiger partial charge in [-0.2, -0.15) is 0 Å². The topological polar surface area (TPSA) is 49.4 Å². The number of hydrogen-bond acceptors (Lipinski definition) is 3. The third-order valence-electron chi connectivity index (χ3n) is 3.91. The number of aldehydes is 1. The summed E-state index contributed by atoms with van der Waals surface area (Å²) in [5, 5.41) is 3.36. The van der Waals surface area contributed by atoms with Gasteiger partial charge in [-0.3, -0.25) is 9.59 Å². The second kappa shape index (κ2) is 4.53. The molecule has 2 aliphatic heterocycles. The molecule has 0 radical (unpaired) electrons. The summed E-state index contributed by atoms with van der Waals surface area (Å²) in [4.78, 5) is 25.1. The molecule has 1 N–H and O–H groups in total. The van der Waals surface area contributed by atoms with Crippen LogP contribution in [0.4, 0.5) is 0 Å². The molecule has 1 amide bonds. The molecule has 4 heteroatoms. The first kappa shape index (κ1) is 11.4. The molecular weight excluding hydrogens is 228 g/mol. The van der Waals surface area contributed by atoms with Crippen LogP contribution >= 0.6 is 0 Å². The highest BCUT2D eigenvalue weighted by atomic mass is 16.2. The Morgan fingerprint density at radius 2 is 1.78 bits per heavy atom. The zero-order valence-corrected chi connectivity index (χ0v) is 10.1. The standard InChI is InChI=1S/C14H16N2O2/c17-9-10-1-3-11(4-2-10)14(18)16-12-5-6-13(16)8-15-7-12/h1-4,9,12-13,15H,5-8H2. The molecule has 2 unspecified atom stereocenters. The molecule has 2 fully saturated rings. The first-order valence-corrected chi connectivity index (χ1v) is 6.38. The quantitative estimate of drug-likeness (QED) is 0.792. The maximum atomic E-state index is 12.5. The molecule has 2 bridgehead atoms. The number of piperazine rings is 1. The van der Waals surface area contributed by atoms with E-state index in [4.69, 9.17) is 0 Å². The number of carbonyl (C=O) groups is 2. The lowest BCUT2D eigenvalue weighted by atomic mass is 10.1. The van der Waals surface area contributed by atoms with Crippen LogP contribution in [-0.2, 0) is 0 Å². The number of nitrogens with zero attached hydrogens (tertiary/aromatic N) is 1. The highest BCUT2D eigenvalue weighted by Gasteiger charge is 2.39. The van der Waals surface area contributed by atoms with Crippen molar-refractivity contribution in [3.8, 4) is 0 Å². The molecule has 1 aromatic carbocycles. The van der Waals surface area contributed by atoms with Crippen LogP contribution in [0.15, 0.2) is 24.3 Å². The number of carbonyl (C=O) groups excluding carboxylic acids is 2. The zero-order valence-electron chi connectivity index (χ0n) is 10.1. The molecule has 0 saturated carbocycles. The largest absolute Gasteiger partial charge is 0.330 e. The monoisotopic (exact) mass is 244 g/mol. The highest BCUT2D eigenvalue weighted by molar-refractivity contribution is 5.95. The minimum Gasteiger partial charge on any atom is -0.330 e. The summed E-state index contributed by atoms with van der Waals surface area (Å²) >= 11 is 0. The van der Waals surface area contributed by atoms with Gasteiger partial charge in [0.15, 0.2) is 0 Å². The predicted molar refractivity (Wildman–Crippen MR) is 67.7 cm³/mol. The Kier molecular flexibility index (Phi) is 2.88. The van der Waals surface area contributed by atoms with Crippen LogP contribution < -0.4 is 5.32 Å². The third-order valence-corrected chi connectivity index (χ3v) is 3.91. The fourth-order valence-corrected chi connectivity index (χ4v) is 2.96. The van der Waals surface area contributed by atoms with E-state index in [1.165, 1.54) is 0 Å². The first-order chi connectivity index (χ1) is 8.79. The summed E-state index contributed by atoms with van der Waals surface area (Å²) in [6.45, 7) is 1.79. The van der Waals surface area contributed by atoms with Crippen molar-refractivity contribution in [3.05, 3.63) is 35.4 Å². The van der Waals surface area contributed by atoms with Gasteiger partial charge in [0.2, 0.25) is 0 Å². The molecule has 4 nitrogen and oxygen atoms in total. The lowest BCUT2D eigenvalue weighted by Gasteiger charge is -2.35. The Morgan fingerprint density at radius 3 is 2.33 bits per heavy atom. The van der Waals surface area contributed by atoms with E-state index < -0.39 is 0 Å². The van der Waals surface area contributed by atoms with Crippen molar-refractivity contribution in [1.82, 2.24) is 10.2 Å². The molecule has 2 heterocycles. The van der Waals surface area contributed by atoms with E-state index in [1.807, 2.05) is 4.90 Å². The van der Waals surface area contributed by atoms with Crippen molar-refractivity contribution in [2.45, 2.75) is 24.9 Å². The maximum absolute atomic E-state index is 12.5. The maximum Gasteiger partial charge on any atom is 0.254 e. The summed E-state index contributed by atoms with van der Waals surface area (Å²) in [7, 11) is 0. The van der Waals surface area contributed by atoms with Gasteiger partial charge in [-0.25, -0.2) is 0 Å². The van der Waals surface area contributed by atoms with E-state index in [1.54, 1.807) is 24.3 Å². The summed E-state index contributed by atoms with van der Waals surface area (Å²) < 4.78 is 0. The molecule has 0 spiro atoms. The Hall–Kier alpha value is -1.68. The van der Waals surface area contributed by atoms with Crippen LogP contribution in [0, 0.1) is 0 Å². The van der Waals surface area contributed by atoms with Crippen molar-refractivity contribution in [2.24, 2.45) is 0 Å². The van der Waals surface area contributed by atoms with Crippen LogP contribution in [0.25, 0.3) is 0 Å². The van der Waals surface area contributed by atoms with Crippen molar-refractivity contribution < 1.29 is 9.59 Å². The zero-order chi connectivity index (χ0) is 12.5. The number of hydrogen-bond donors (Lipinski definition) is 1. The van der Waals surface area contributed by atoms with Gasteiger partial charge in [-0.1, -0.05) is 12.1 Å². The smallest absolute Gasteiger partial charge is 0.254 e. The number of benzene rings is 1. The molecular formula is C14H16N2O2. The average Bonchev–Trinajstić information content (AvgIpc) is 2.67. The van der Waals surface area contributed by atoms with Gasteiger partial charge in [0.05, 0.1) is 0 Å². The van der Waals surface area contributed by atoms with Crippen molar-refractivity contribution in [3.63, 3.8) is 0 Å². The molecule has 0 aliphatic carbocycles. The molecule has 94 valence electrons. The average molecular weight is 244 g/mol. The van der Waals surface area contributed by atoms with E-state index in [0.29, 0.717) is 23.2 Å². The van der Waals surface area contributed by atoms with Crippen LogP contribution in [0.2, 0.25) is 0 Å². The lowest BCUT2D eigenvalue weighted by molar-refractivity contribution is 0.0619. The number of fused-ring (bicyclic) bond motifs is 2. The Morgan fingerprint density at radius 1 is 1.17 bits per heavy atom. The predicted octanol–water partition coefficient (Wildman–Crippen LogP) is 1.08. The van der Waals surface area contributed by atoms with Gasteiger partial charge >= 0.3 is 0 Å². The summed E-state index contributed by atoms with van der Waals surface area (Å²) in [6.07, 6.45) is 2.98. The second-order valence-corrected chi connectivity index (χ2v) is 5.00. The van der Waals surface area contributed by atoms with E-state index in [9.17, 15) is 9.59 Å². The van der Waals surface area contributed by atoms with Crippen molar-refractivity contribution in [2.75, 3.05) is 13.1 Å². The minimum absolute atomic E-state index is 0.0986. The Labute approximate surface area is 106 Å². The van der Waals surface area contributed by atoms with Gasteiger partial charge in [-0.15, -0.1) is 0 Å². The molecule has 2 aliphatic rings. The molecule has 2 saturated heterocycles. The lowest BCUT2D eigenvalue weighted by Crippen LogP contribution is -2.54.